The van der Waals surface area contributed by atoms with Gasteiger partial charge in [0.1, 0.15) is 0 Å². The van der Waals surface area contributed by atoms with Crippen molar-refractivity contribution < 1.29 is 0 Å². The van der Waals surface area contributed by atoms with E-state index in [0.717, 1.165) is 12.1 Å². The van der Waals surface area contributed by atoms with Gasteiger partial charge in [-0.3, -0.25) is 9.97 Å². The number of hydrogen-bond donors (Lipinski definition) is 1. The van der Waals surface area contributed by atoms with Crippen LogP contribution in [0.15, 0.2) is 43.0 Å². The van der Waals surface area contributed by atoms with E-state index in [4.69, 9.17) is 5.73 Å². The summed E-state index contributed by atoms with van der Waals surface area (Å²) in [6.07, 6.45) is 9.83. The van der Waals surface area contributed by atoms with Crippen LogP contribution in [0.3, 0.4) is 0 Å². The zero-order valence-corrected chi connectivity index (χ0v) is 10.9. The van der Waals surface area contributed by atoms with Crippen LogP contribution < -0.4 is 10.6 Å². The van der Waals surface area contributed by atoms with Gasteiger partial charge in [-0.2, -0.15) is 0 Å². The van der Waals surface area contributed by atoms with Gasteiger partial charge in [-0.25, -0.2) is 0 Å². The molecule has 19 heavy (non-hydrogen) atoms. The third-order valence-electron chi connectivity index (χ3n) is 3.76. The van der Waals surface area contributed by atoms with Crippen molar-refractivity contribution >= 4 is 5.69 Å². The highest BCUT2D eigenvalue weighted by molar-refractivity contribution is 5.54. The molecule has 0 radical (unpaired) electrons. The zero-order chi connectivity index (χ0) is 13.1. The van der Waals surface area contributed by atoms with E-state index in [-0.39, 0.29) is 0 Å². The van der Waals surface area contributed by atoms with Crippen LogP contribution in [-0.4, -0.2) is 16.5 Å². The van der Waals surface area contributed by atoms with Crippen LogP contribution in [0.5, 0.6) is 0 Å². The fraction of sp³-hybridized carbons (Fsp3) is 0.333. The second-order valence-corrected chi connectivity index (χ2v) is 4.84. The molecule has 3 rings (SSSR count). The highest BCUT2D eigenvalue weighted by Crippen LogP contribution is 2.36. The predicted molar refractivity (Wildman–Crippen MR) is 75.7 cm³/mol. The van der Waals surface area contributed by atoms with Gasteiger partial charge in [0, 0.05) is 31.7 Å². The summed E-state index contributed by atoms with van der Waals surface area (Å²) in [4.78, 5) is 10.8. The number of aromatic nitrogens is 2. The van der Waals surface area contributed by atoms with Crippen LogP contribution in [0.25, 0.3) is 0 Å². The van der Waals surface area contributed by atoms with Crippen molar-refractivity contribution in [2.24, 2.45) is 5.73 Å². The molecule has 1 unspecified atom stereocenters. The molecule has 3 heterocycles. The second kappa shape index (κ2) is 5.36. The maximum atomic E-state index is 5.84. The normalized spacial score (nSPS) is 18.8. The average Bonchev–Trinajstić information content (AvgIpc) is 2.97. The lowest BCUT2D eigenvalue weighted by atomic mass is 10.1. The van der Waals surface area contributed by atoms with E-state index in [9.17, 15) is 0 Å². The van der Waals surface area contributed by atoms with Gasteiger partial charge in [-0.1, -0.05) is 0 Å². The van der Waals surface area contributed by atoms with Crippen molar-refractivity contribution in [1.29, 1.82) is 0 Å². The Morgan fingerprint density at radius 2 is 1.95 bits per heavy atom. The van der Waals surface area contributed by atoms with Gasteiger partial charge in [0.15, 0.2) is 0 Å². The number of rotatable bonds is 3. The molecule has 1 atom stereocenters. The summed E-state index contributed by atoms with van der Waals surface area (Å²) in [5, 5.41) is 0. The number of nitrogens with zero attached hydrogens (tertiary/aromatic N) is 3. The van der Waals surface area contributed by atoms with Gasteiger partial charge in [0.05, 0.1) is 17.9 Å². The molecule has 2 aromatic rings. The van der Waals surface area contributed by atoms with E-state index in [1.54, 1.807) is 0 Å². The lowest BCUT2D eigenvalue weighted by Crippen LogP contribution is -2.24. The van der Waals surface area contributed by atoms with Crippen molar-refractivity contribution in [1.82, 2.24) is 9.97 Å². The fourth-order valence-electron chi connectivity index (χ4n) is 2.83. The maximum Gasteiger partial charge on any atom is 0.0603 e. The molecule has 0 bridgehead atoms. The summed E-state index contributed by atoms with van der Waals surface area (Å²) in [6.45, 7) is 1.61. The minimum absolute atomic E-state index is 0.414. The largest absolute Gasteiger partial charge is 0.363 e. The van der Waals surface area contributed by atoms with Gasteiger partial charge in [-0.15, -0.1) is 0 Å². The van der Waals surface area contributed by atoms with E-state index < -0.39 is 0 Å². The Kier molecular flexibility index (Phi) is 3.42. The lowest BCUT2D eigenvalue weighted by molar-refractivity contribution is 0.713. The monoisotopic (exact) mass is 254 g/mol. The van der Waals surface area contributed by atoms with Crippen LogP contribution in [0.1, 0.15) is 30.0 Å². The summed E-state index contributed by atoms with van der Waals surface area (Å²) in [5.74, 6) is 0. The minimum atomic E-state index is 0.414. The molecule has 1 saturated heterocycles. The van der Waals surface area contributed by atoms with Gasteiger partial charge < -0.3 is 10.6 Å². The van der Waals surface area contributed by atoms with Crippen molar-refractivity contribution in [2.45, 2.75) is 25.4 Å². The Balaban J connectivity index is 1.95. The van der Waals surface area contributed by atoms with Crippen LogP contribution in [-0.2, 0) is 6.54 Å². The summed E-state index contributed by atoms with van der Waals surface area (Å²) >= 11 is 0. The van der Waals surface area contributed by atoms with Crippen molar-refractivity contribution in [2.75, 3.05) is 11.4 Å². The summed E-state index contributed by atoms with van der Waals surface area (Å²) < 4.78 is 0. The summed E-state index contributed by atoms with van der Waals surface area (Å²) in [6, 6.07) is 6.62. The summed E-state index contributed by atoms with van der Waals surface area (Å²) in [5.41, 5.74) is 9.49. The molecule has 4 heteroatoms. The number of pyridine rings is 2. The Morgan fingerprint density at radius 3 is 2.74 bits per heavy atom. The molecule has 0 amide bonds. The third kappa shape index (κ3) is 2.31. The Hall–Kier alpha value is -1.94. The molecule has 1 aliphatic heterocycles. The smallest absolute Gasteiger partial charge is 0.0603 e. The highest BCUT2D eigenvalue weighted by Gasteiger charge is 2.27. The van der Waals surface area contributed by atoms with Crippen molar-refractivity contribution in [3.8, 4) is 0 Å². The SMILES string of the molecule is NCc1ccncc1N1CCCC1c1ccncc1. The standard InChI is InChI=1S/C15H18N4/c16-10-13-5-8-18-11-15(13)19-9-1-2-14(19)12-3-6-17-7-4-12/h3-8,11,14H,1-2,9-10,16H2. The molecule has 0 aromatic carbocycles. The number of hydrogen-bond acceptors (Lipinski definition) is 4. The minimum Gasteiger partial charge on any atom is -0.363 e. The average molecular weight is 254 g/mol. The number of anilines is 1. The Bertz CT molecular complexity index is 541. The topological polar surface area (TPSA) is 55.0 Å². The lowest BCUT2D eigenvalue weighted by Gasteiger charge is -2.28. The van der Waals surface area contributed by atoms with Gasteiger partial charge >= 0.3 is 0 Å². The molecular weight excluding hydrogens is 236 g/mol. The Labute approximate surface area is 113 Å². The fourth-order valence-corrected chi connectivity index (χ4v) is 2.83. The van der Waals surface area contributed by atoms with Crippen LogP contribution >= 0.6 is 0 Å². The van der Waals surface area contributed by atoms with Crippen LogP contribution in [0.4, 0.5) is 5.69 Å². The van der Waals surface area contributed by atoms with E-state index >= 15 is 0 Å². The molecule has 4 nitrogen and oxygen atoms in total. The number of nitrogens with two attached hydrogens (primary N) is 1. The maximum absolute atomic E-state index is 5.84. The van der Waals surface area contributed by atoms with Gasteiger partial charge in [0.25, 0.3) is 0 Å². The predicted octanol–water partition coefficient (Wildman–Crippen LogP) is 2.28. The first kappa shape index (κ1) is 12.1. The first-order valence-electron chi connectivity index (χ1n) is 6.69. The van der Waals surface area contributed by atoms with Crippen molar-refractivity contribution in [3.05, 3.63) is 54.1 Å². The zero-order valence-electron chi connectivity index (χ0n) is 10.9. The highest BCUT2D eigenvalue weighted by atomic mass is 15.2. The van der Waals surface area contributed by atoms with E-state index in [1.165, 1.54) is 24.1 Å². The molecule has 0 aliphatic carbocycles. The molecule has 2 aromatic heterocycles. The van der Waals surface area contributed by atoms with E-state index in [2.05, 4.69) is 27.0 Å². The second-order valence-electron chi connectivity index (χ2n) is 4.84. The quantitative estimate of drug-likeness (QED) is 0.913. The molecule has 1 aliphatic rings. The van der Waals surface area contributed by atoms with Gasteiger partial charge in [-0.05, 0) is 42.2 Å². The van der Waals surface area contributed by atoms with Crippen LogP contribution in [0, 0.1) is 0 Å². The summed E-state index contributed by atoms with van der Waals surface area (Å²) in [7, 11) is 0. The molecular formula is C15H18N4. The van der Waals surface area contributed by atoms with Crippen molar-refractivity contribution in [3.63, 3.8) is 0 Å². The molecule has 2 N–H and O–H groups in total. The van der Waals surface area contributed by atoms with E-state index in [1.807, 2.05) is 30.9 Å². The molecule has 0 saturated carbocycles. The van der Waals surface area contributed by atoms with Gasteiger partial charge in [0.2, 0.25) is 0 Å². The third-order valence-corrected chi connectivity index (χ3v) is 3.76. The first-order valence-corrected chi connectivity index (χ1v) is 6.69. The molecule has 0 spiro atoms. The van der Waals surface area contributed by atoms with Crippen LogP contribution in [0.2, 0.25) is 0 Å². The molecule has 1 fully saturated rings. The molecule has 98 valence electrons. The Morgan fingerprint density at radius 1 is 1.16 bits per heavy atom. The van der Waals surface area contributed by atoms with E-state index in [0.29, 0.717) is 12.6 Å². The first-order chi connectivity index (χ1) is 9.40.